The smallest absolute Gasteiger partial charge is 0.195 e. The highest BCUT2D eigenvalue weighted by Gasteiger charge is 2.06. The number of nitrogens with zero attached hydrogens (tertiary/aromatic N) is 1. The molecule has 0 atom stereocenters. The van der Waals surface area contributed by atoms with Crippen molar-refractivity contribution >= 4 is 35.6 Å². The Labute approximate surface area is 184 Å². The summed E-state index contributed by atoms with van der Waals surface area (Å²) in [5.41, 5.74) is 2.08. The Bertz CT molecular complexity index is 753. The molecule has 7 heteroatoms. The predicted octanol–water partition coefficient (Wildman–Crippen LogP) is 4.34. The first-order valence-electron chi connectivity index (χ1n) is 9.19. The van der Waals surface area contributed by atoms with Gasteiger partial charge in [0.1, 0.15) is 5.75 Å². The number of anilines is 1. The molecule has 6 nitrogen and oxygen atoms in total. The Morgan fingerprint density at radius 3 is 2.46 bits per heavy atom. The van der Waals surface area contributed by atoms with Gasteiger partial charge in [-0.05, 0) is 50.1 Å². The van der Waals surface area contributed by atoms with Crippen LogP contribution in [-0.2, 0) is 6.42 Å². The zero-order valence-electron chi connectivity index (χ0n) is 17.0. The second kappa shape index (κ2) is 13.1. The first kappa shape index (κ1) is 23.9. The van der Waals surface area contributed by atoms with Gasteiger partial charge in [-0.2, -0.15) is 0 Å². The number of nitrogens with one attached hydrogen (secondary N) is 2. The van der Waals surface area contributed by atoms with Crippen molar-refractivity contribution in [1.82, 2.24) is 5.32 Å². The summed E-state index contributed by atoms with van der Waals surface area (Å²) in [5, 5.41) is 6.56. The molecule has 0 aliphatic rings. The van der Waals surface area contributed by atoms with Crippen LogP contribution >= 0.6 is 24.0 Å². The average Bonchev–Trinajstić information content (AvgIpc) is 2.68. The van der Waals surface area contributed by atoms with Crippen LogP contribution in [0.15, 0.2) is 47.5 Å². The SMILES string of the molecule is CCNC(=NCCc1cccc(OCC)c1)Nc1ccc(OC)c(OC)c1.I. The molecule has 0 aromatic heterocycles. The molecule has 0 spiro atoms. The van der Waals surface area contributed by atoms with Crippen molar-refractivity contribution in [3.63, 3.8) is 0 Å². The molecule has 2 aromatic rings. The summed E-state index contributed by atoms with van der Waals surface area (Å²) in [4.78, 5) is 4.66. The van der Waals surface area contributed by atoms with Crippen LogP contribution in [0.5, 0.6) is 17.2 Å². The highest BCUT2D eigenvalue weighted by atomic mass is 127. The van der Waals surface area contributed by atoms with Crippen molar-refractivity contribution in [3.8, 4) is 17.2 Å². The zero-order chi connectivity index (χ0) is 19.5. The van der Waals surface area contributed by atoms with E-state index in [1.807, 2.05) is 44.2 Å². The first-order chi connectivity index (χ1) is 13.2. The molecule has 2 aromatic carbocycles. The molecule has 0 radical (unpaired) electrons. The number of ether oxygens (including phenoxy) is 3. The van der Waals surface area contributed by atoms with Crippen LogP contribution in [0.3, 0.4) is 0 Å². The number of hydrogen-bond acceptors (Lipinski definition) is 4. The summed E-state index contributed by atoms with van der Waals surface area (Å²) >= 11 is 0. The lowest BCUT2D eigenvalue weighted by Gasteiger charge is -2.14. The van der Waals surface area contributed by atoms with E-state index in [1.54, 1.807) is 14.2 Å². The molecular weight excluding hydrogens is 469 g/mol. The Hall–Kier alpha value is -2.16. The number of methoxy groups -OCH3 is 2. The van der Waals surface area contributed by atoms with Crippen LogP contribution in [0.25, 0.3) is 0 Å². The molecule has 0 fully saturated rings. The van der Waals surface area contributed by atoms with Crippen LogP contribution in [0.1, 0.15) is 19.4 Å². The molecule has 0 amide bonds. The number of guanidine groups is 1. The van der Waals surface area contributed by atoms with E-state index in [4.69, 9.17) is 14.2 Å². The normalized spacial score (nSPS) is 10.6. The van der Waals surface area contributed by atoms with Gasteiger partial charge < -0.3 is 24.8 Å². The summed E-state index contributed by atoms with van der Waals surface area (Å²) in [6.45, 7) is 6.13. The molecule has 0 aliphatic carbocycles. The third-order valence-electron chi connectivity index (χ3n) is 3.87. The fourth-order valence-electron chi connectivity index (χ4n) is 2.61. The molecule has 2 rings (SSSR count). The number of rotatable bonds is 9. The molecule has 0 bridgehead atoms. The van der Waals surface area contributed by atoms with Crippen LogP contribution in [0.4, 0.5) is 5.69 Å². The van der Waals surface area contributed by atoms with E-state index in [0.29, 0.717) is 24.7 Å². The van der Waals surface area contributed by atoms with Crippen LogP contribution in [-0.4, -0.2) is 39.9 Å². The number of benzene rings is 2. The molecule has 0 unspecified atom stereocenters. The van der Waals surface area contributed by atoms with Gasteiger partial charge in [-0.15, -0.1) is 24.0 Å². The van der Waals surface area contributed by atoms with Gasteiger partial charge in [0.2, 0.25) is 0 Å². The largest absolute Gasteiger partial charge is 0.494 e. The summed E-state index contributed by atoms with van der Waals surface area (Å²) in [5.74, 6) is 2.99. The minimum absolute atomic E-state index is 0. The van der Waals surface area contributed by atoms with E-state index in [-0.39, 0.29) is 24.0 Å². The molecule has 0 aliphatic heterocycles. The zero-order valence-corrected chi connectivity index (χ0v) is 19.3. The van der Waals surface area contributed by atoms with E-state index >= 15 is 0 Å². The Kier molecular flexibility index (Phi) is 11.2. The van der Waals surface area contributed by atoms with E-state index in [1.165, 1.54) is 5.56 Å². The quantitative estimate of drug-likeness (QED) is 0.306. The second-order valence-electron chi connectivity index (χ2n) is 5.79. The van der Waals surface area contributed by atoms with Gasteiger partial charge in [-0.1, -0.05) is 12.1 Å². The lowest BCUT2D eigenvalue weighted by Crippen LogP contribution is -2.30. The third kappa shape index (κ3) is 7.46. The minimum Gasteiger partial charge on any atom is -0.494 e. The van der Waals surface area contributed by atoms with Gasteiger partial charge in [0.05, 0.1) is 20.8 Å². The van der Waals surface area contributed by atoms with Crippen LogP contribution < -0.4 is 24.8 Å². The summed E-state index contributed by atoms with van der Waals surface area (Å²) in [6.07, 6.45) is 0.837. The standard InChI is InChI=1S/C21H29N3O3.HI/c1-5-22-21(24-17-10-11-19(25-3)20(15-17)26-4)23-13-12-16-8-7-9-18(14-16)27-6-2;/h7-11,14-15H,5-6,12-13H2,1-4H3,(H2,22,23,24);1H. The molecule has 0 saturated heterocycles. The third-order valence-corrected chi connectivity index (χ3v) is 3.87. The van der Waals surface area contributed by atoms with Gasteiger partial charge in [-0.25, -0.2) is 0 Å². The van der Waals surface area contributed by atoms with E-state index in [0.717, 1.165) is 30.4 Å². The molecule has 0 heterocycles. The number of aliphatic imine (C=N–C) groups is 1. The Morgan fingerprint density at radius 1 is 1.00 bits per heavy atom. The second-order valence-corrected chi connectivity index (χ2v) is 5.79. The Morgan fingerprint density at radius 2 is 1.79 bits per heavy atom. The first-order valence-corrected chi connectivity index (χ1v) is 9.19. The van der Waals surface area contributed by atoms with E-state index in [2.05, 4.69) is 27.8 Å². The monoisotopic (exact) mass is 499 g/mol. The number of hydrogen-bond donors (Lipinski definition) is 2. The number of halogens is 1. The van der Waals surface area contributed by atoms with Gasteiger partial charge in [0.15, 0.2) is 17.5 Å². The van der Waals surface area contributed by atoms with Crippen molar-refractivity contribution in [1.29, 1.82) is 0 Å². The Balaban J connectivity index is 0.00000392. The predicted molar refractivity (Wildman–Crippen MR) is 126 cm³/mol. The lowest BCUT2D eigenvalue weighted by atomic mass is 10.1. The van der Waals surface area contributed by atoms with Crippen molar-refractivity contribution in [3.05, 3.63) is 48.0 Å². The molecular formula is C21H30IN3O3. The van der Waals surface area contributed by atoms with Gasteiger partial charge in [-0.3, -0.25) is 4.99 Å². The summed E-state index contributed by atoms with van der Waals surface area (Å²) < 4.78 is 16.2. The lowest BCUT2D eigenvalue weighted by molar-refractivity contribution is 0.340. The van der Waals surface area contributed by atoms with Gasteiger partial charge in [0, 0.05) is 24.8 Å². The summed E-state index contributed by atoms with van der Waals surface area (Å²) in [6, 6.07) is 13.8. The maximum atomic E-state index is 5.55. The minimum atomic E-state index is 0. The van der Waals surface area contributed by atoms with Crippen molar-refractivity contribution < 1.29 is 14.2 Å². The highest BCUT2D eigenvalue weighted by Crippen LogP contribution is 2.29. The average molecular weight is 499 g/mol. The van der Waals surface area contributed by atoms with E-state index < -0.39 is 0 Å². The van der Waals surface area contributed by atoms with Crippen molar-refractivity contribution in [2.75, 3.05) is 39.2 Å². The topological polar surface area (TPSA) is 64.1 Å². The fraction of sp³-hybridized carbons (Fsp3) is 0.381. The molecule has 2 N–H and O–H groups in total. The molecule has 154 valence electrons. The maximum Gasteiger partial charge on any atom is 0.195 e. The maximum absolute atomic E-state index is 5.55. The van der Waals surface area contributed by atoms with Crippen molar-refractivity contribution in [2.24, 2.45) is 4.99 Å². The van der Waals surface area contributed by atoms with E-state index in [9.17, 15) is 0 Å². The van der Waals surface area contributed by atoms with Gasteiger partial charge >= 0.3 is 0 Å². The van der Waals surface area contributed by atoms with Gasteiger partial charge in [0.25, 0.3) is 0 Å². The highest BCUT2D eigenvalue weighted by molar-refractivity contribution is 14.0. The summed E-state index contributed by atoms with van der Waals surface area (Å²) in [7, 11) is 3.24. The molecule has 0 saturated carbocycles. The van der Waals surface area contributed by atoms with Crippen molar-refractivity contribution in [2.45, 2.75) is 20.3 Å². The fourth-order valence-corrected chi connectivity index (χ4v) is 2.61. The van der Waals surface area contributed by atoms with Crippen LogP contribution in [0.2, 0.25) is 0 Å². The molecule has 28 heavy (non-hydrogen) atoms. The van der Waals surface area contributed by atoms with Crippen LogP contribution in [0, 0.1) is 0 Å².